The maximum absolute atomic E-state index is 13.2. The van der Waals surface area contributed by atoms with Gasteiger partial charge in [0.2, 0.25) is 5.91 Å². The predicted octanol–water partition coefficient (Wildman–Crippen LogP) is 2.92. The lowest BCUT2D eigenvalue weighted by atomic mass is 10.0. The summed E-state index contributed by atoms with van der Waals surface area (Å²) < 4.78 is 13.2. The van der Waals surface area contributed by atoms with Gasteiger partial charge in [-0.25, -0.2) is 9.37 Å². The molecule has 1 amide bonds. The summed E-state index contributed by atoms with van der Waals surface area (Å²) in [5, 5.41) is 3.42. The minimum Gasteiger partial charge on any atom is -0.353 e. The van der Waals surface area contributed by atoms with E-state index >= 15 is 0 Å². The standard InChI is InChI=1S/C18H16FN3O2S/c1-9-15(10-2-4-11(19)5-3-10)16-17(24)21-13(22-18(16)25-9)8-12-6-7-14(23)20-12/h2-5,12H,6-8H2,1H3,(H,20,23)(H,21,22,24). The summed E-state index contributed by atoms with van der Waals surface area (Å²) in [5.74, 6) is 0.310. The molecule has 1 saturated heterocycles. The molecule has 1 aliphatic rings. The maximum atomic E-state index is 13.2. The molecule has 25 heavy (non-hydrogen) atoms. The second-order valence-electron chi connectivity index (χ2n) is 6.24. The molecule has 1 aromatic carbocycles. The van der Waals surface area contributed by atoms with Crippen molar-refractivity contribution >= 4 is 27.5 Å². The number of amides is 1. The summed E-state index contributed by atoms with van der Waals surface area (Å²) in [6.07, 6.45) is 1.79. The number of nitrogens with one attached hydrogen (secondary N) is 2. The maximum Gasteiger partial charge on any atom is 0.260 e. The van der Waals surface area contributed by atoms with Crippen LogP contribution in [0.15, 0.2) is 29.1 Å². The smallest absolute Gasteiger partial charge is 0.260 e. The molecule has 1 aliphatic heterocycles. The topological polar surface area (TPSA) is 74.8 Å². The van der Waals surface area contributed by atoms with Crippen molar-refractivity contribution in [3.8, 4) is 11.1 Å². The fourth-order valence-corrected chi connectivity index (χ4v) is 4.35. The average Bonchev–Trinajstić information content (AvgIpc) is 3.11. The Kier molecular flexibility index (Phi) is 3.88. The van der Waals surface area contributed by atoms with Crippen molar-refractivity contribution in [2.45, 2.75) is 32.2 Å². The Hall–Kier alpha value is -2.54. The van der Waals surface area contributed by atoms with Gasteiger partial charge in [-0.15, -0.1) is 11.3 Å². The van der Waals surface area contributed by atoms with Gasteiger partial charge in [0.1, 0.15) is 16.5 Å². The van der Waals surface area contributed by atoms with E-state index in [0.717, 1.165) is 22.4 Å². The Balaban J connectivity index is 1.77. The highest BCUT2D eigenvalue weighted by atomic mass is 32.1. The lowest BCUT2D eigenvalue weighted by Crippen LogP contribution is -2.28. The number of carbonyl (C=O) groups excluding carboxylic acids is 1. The highest BCUT2D eigenvalue weighted by Crippen LogP contribution is 2.35. The third-order valence-electron chi connectivity index (χ3n) is 4.44. The summed E-state index contributed by atoms with van der Waals surface area (Å²) in [7, 11) is 0. The van der Waals surface area contributed by atoms with Gasteiger partial charge in [-0.2, -0.15) is 0 Å². The molecule has 2 aromatic heterocycles. The Morgan fingerprint density at radius 3 is 2.72 bits per heavy atom. The average molecular weight is 357 g/mol. The van der Waals surface area contributed by atoms with E-state index in [9.17, 15) is 14.0 Å². The summed E-state index contributed by atoms with van der Waals surface area (Å²) in [6.45, 7) is 1.93. The van der Waals surface area contributed by atoms with Crippen LogP contribution in [0, 0.1) is 12.7 Å². The van der Waals surface area contributed by atoms with E-state index in [1.807, 2.05) is 6.92 Å². The zero-order valence-electron chi connectivity index (χ0n) is 13.6. The fourth-order valence-electron chi connectivity index (χ4n) is 3.29. The number of aromatic amines is 1. The first-order valence-electron chi connectivity index (χ1n) is 8.09. The Bertz CT molecular complexity index is 1020. The molecule has 1 fully saturated rings. The quantitative estimate of drug-likeness (QED) is 0.757. The van der Waals surface area contributed by atoms with E-state index in [0.29, 0.717) is 28.9 Å². The highest BCUT2D eigenvalue weighted by molar-refractivity contribution is 7.19. The van der Waals surface area contributed by atoms with E-state index in [2.05, 4.69) is 15.3 Å². The first-order valence-corrected chi connectivity index (χ1v) is 8.90. The van der Waals surface area contributed by atoms with Gasteiger partial charge >= 0.3 is 0 Å². The fraction of sp³-hybridized carbons (Fsp3) is 0.278. The van der Waals surface area contributed by atoms with Gasteiger partial charge in [-0.3, -0.25) is 9.59 Å². The molecule has 3 heterocycles. The van der Waals surface area contributed by atoms with Crippen LogP contribution in [0.4, 0.5) is 4.39 Å². The van der Waals surface area contributed by atoms with E-state index in [4.69, 9.17) is 0 Å². The molecule has 128 valence electrons. The molecular weight excluding hydrogens is 341 g/mol. The summed E-state index contributed by atoms with van der Waals surface area (Å²) >= 11 is 1.45. The van der Waals surface area contributed by atoms with Crippen LogP contribution < -0.4 is 10.9 Å². The summed E-state index contributed by atoms with van der Waals surface area (Å²) in [4.78, 5) is 33.0. The Labute approximate surface area is 146 Å². The van der Waals surface area contributed by atoms with Gasteiger partial charge in [-0.05, 0) is 31.0 Å². The zero-order chi connectivity index (χ0) is 17.6. The van der Waals surface area contributed by atoms with Crippen molar-refractivity contribution in [2.75, 3.05) is 0 Å². The minimum atomic E-state index is -0.311. The second kappa shape index (κ2) is 6.07. The van der Waals surface area contributed by atoms with Gasteiger partial charge in [0.15, 0.2) is 0 Å². The van der Waals surface area contributed by atoms with Crippen LogP contribution in [0.25, 0.3) is 21.3 Å². The largest absolute Gasteiger partial charge is 0.353 e. The molecule has 3 aromatic rings. The van der Waals surface area contributed by atoms with E-state index < -0.39 is 0 Å². The van der Waals surface area contributed by atoms with E-state index in [1.165, 1.54) is 23.5 Å². The van der Waals surface area contributed by atoms with Crippen LogP contribution in [0.3, 0.4) is 0 Å². The van der Waals surface area contributed by atoms with Gasteiger partial charge in [0.05, 0.1) is 5.39 Å². The molecular formula is C18H16FN3O2S. The number of benzene rings is 1. The van der Waals surface area contributed by atoms with Crippen LogP contribution in [-0.4, -0.2) is 21.9 Å². The minimum absolute atomic E-state index is 0.0192. The van der Waals surface area contributed by atoms with Crippen LogP contribution in [-0.2, 0) is 11.2 Å². The van der Waals surface area contributed by atoms with Gasteiger partial charge in [-0.1, -0.05) is 12.1 Å². The molecule has 1 atom stereocenters. The monoisotopic (exact) mass is 357 g/mol. The molecule has 0 aliphatic carbocycles. The van der Waals surface area contributed by atoms with Crippen LogP contribution in [0.2, 0.25) is 0 Å². The number of nitrogens with zero attached hydrogens (tertiary/aromatic N) is 1. The van der Waals surface area contributed by atoms with Gasteiger partial charge in [0, 0.05) is 29.3 Å². The number of rotatable bonds is 3. The number of aryl methyl sites for hydroxylation is 1. The van der Waals surface area contributed by atoms with Crippen molar-refractivity contribution in [3.05, 3.63) is 51.1 Å². The molecule has 0 radical (unpaired) electrons. The third kappa shape index (κ3) is 2.95. The first kappa shape index (κ1) is 16.0. The van der Waals surface area contributed by atoms with Crippen LogP contribution in [0.5, 0.6) is 0 Å². The molecule has 0 saturated carbocycles. The number of carbonyl (C=O) groups is 1. The number of halogens is 1. The lowest BCUT2D eigenvalue weighted by Gasteiger charge is -2.09. The van der Waals surface area contributed by atoms with E-state index in [1.54, 1.807) is 12.1 Å². The molecule has 2 N–H and O–H groups in total. The number of aromatic nitrogens is 2. The normalized spacial score (nSPS) is 17.2. The van der Waals surface area contributed by atoms with Crippen molar-refractivity contribution in [3.63, 3.8) is 0 Å². The second-order valence-corrected chi connectivity index (χ2v) is 7.44. The van der Waals surface area contributed by atoms with Gasteiger partial charge < -0.3 is 10.3 Å². The number of hydrogen-bond donors (Lipinski definition) is 2. The number of thiophene rings is 1. The van der Waals surface area contributed by atoms with Crippen molar-refractivity contribution in [2.24, 2.45) is 0 Å². The summed E-state index contributed by atoms with van der Waals surface area (Å²) in [6, 6.07) is 6.13. The molecule has 4 rings (SSSR count). The third-order valence-corrected chi connectivity index (χ3v) is 5.44. The first-order chi connectivity index (χ1) is 12.0. The van der Waals surface area contributed by atoms with Crippen molar-refractivity contribution in [1.29, 1.82) is 0 Å². The molecule has 1 unspecified atom stereocenters. The van der Waals surface area contributed by atoms with Gasteiger partial charge in [0.25, 0.3) is 5.56 Å². The molecule has 0 bridgehead atoms. The highest BCUT2D eigenvalue weighted by Gasteiger charge is 2.23. The molecule has 5 nitrogen and oxygen atoms in total. The Morgan fingerprint density at radius 1 is 1.28 bits per heavy atom. The lowest BCUT2D eigenvalue weighted by molar-refractivity contribution is -0.119. The number of hydrogen-bond acceptors (Lipinski definition) is 4. The number of H-pyrrole nitrogens is 1. The SMILES string of the molecule is Cc1sc2nc(CC3CCC(=O)N3)[nH]c(=O)c2c1-c1ccc(F)cc1. The number of fused-ring (bicyclic) bond motifs is 1. The van der Waals surface area contributed by atoms with Crippen LogP contribution in [0.1, 0.15) is 23.5 Å². The Morgan fingerprint density at radius 2 is 2.04 bits per heavy atom. The molecule has 7 heteroatoms. The predicted molar refractivity (Wildman–Crippen MR) is 95.2 cm³/mol. The van der Waals surface area contributed by atoms with E-state index in [-0.39, 0.29) is 23.3 Å². The van der Waals surface area contributed by atoms with Crippen molar-refractivity contribution < 1.29 is 9.18 Å². The zero-order valence-corrected chi connectivity index (χ0v) is 14.4. The molecule has 0 spiro atoms. The van der Waals surface area contributed by atoms with Crippen LogP contribution >= 0.6 is 11.3 Å². The summed E-state index contributed by atoms with van der Waals surface area (Å²) in [5.41, 5.74) is 1.40. The van der Waals surface area contributed by atoms with Crippen molar-refractivity contribution in [1.82, 2.24) is 15.3 Å².